The van der Waals surface area contributed by atoms with Crippen molar-refractivity contribution >= 4 is 30.2 Å². The normalized spacial score (nSPS) is 15.7. The number of carboxylic acids is 1. The molecule has 3 rings (SSSR count). The number of carboxylic acid groups (broad SMARTS) is 1. The van der Waals surface area contributed by atoms with E-state index in [4.69, 9.17) is 0 Å². The predicted octanol–water partition coefficient (Wildman–Crippen LogP) is 1.64. The predicted molar refractivity (Wildman–Crippen MR) is 102 cm³/mol. The van der Waals surface area contributed by atoms with Gasteiger partial charge in [0.15, 0.2) is 5.69 Å². The minimum absolute atomic E-state index is 0. The zero-order valence-electron chi connectivity index (χ0n) is 15.7. The molecular weight excluding hydrogens is 372 g/mol. The summed E-state index contributed by atoms with van der Waals surface area (Å²) in [6.45, 7) is 5.63. The molecule has 0 spiro atoms. The van der Waals surface area contributed by atoms with E-state index < -0.39 is 5.97 Å². The third kappa shape index (κ3) is 3.73. The van der Waals surface area contributed by atoms with E-state index in [9.17, 15) is 14.7 Å². The number of aromatic carboxylic acids is 1. The number of hydrogen-bond donors (Lipinski definition) is 1. The first-order valence-corrected chi connectivity index (χ1v) is 8.45. The van der Waals surface area contributed by atoms with Crippen molar-refractivity contribution in [3.05, 3.63) is 34.9 Å². The second-order valence-electron chi connectivity index (χ2n) is 6.59. The molecule has 146 valence electrons. The number of carbonyl (C=O) groups excluding carboxylic acids is 1. The Hall–Kier alpha value is -2.68. The summed E-state index contributed by atoms with van der Waals surface area (Å²) in [6, 6.07) is 0. The lowest BCUT2D eigenvalue weighted by atomic mass is 9.96. The highest BCUT2D eigenvalue weighted by Crippen LogP contribution is 2.32. The maximum atomic E-state index is 12.0. The lowest BCUT2D eigenvalue weighted by Crippen LogP contribution is -2.35. The summed E-state index contributed by atoms with van der Waals surface area (Å²) >= 11 is 0. The number of rotatable bonds is 4. The Balaban J connectivity index is 0.00000261. The van der Waals surface area contributed by atoms with Gasteiger partial charge in [-0.25, -0.2) is 14.8 Å². The van der Waals surface area contributed by atoms with Gasteiger partial charge in [0.2, 0.25) is 5.95 Å². The molecule has 3 heterocycles. The number of amides is 1. The number of carbonyl (C=O) groups is 2. The van der Waals surface area contributed by atoms with Gasteiger partial charge in [0, 0.05) is 56.8 Å². The quantitative estimate of drug-likeness (QED) is 0.840. The number of aryl methyl sites for hydroxylation is 1. The Kier molecular flexibility index (Phi) is 6.04. The van der Waals surface area contributed by atoms with Crippen LogP contribution in [0.25, 0.3) is 0 Å². The molecule has 2 aromatic rings. The van der Waals surface area contributed by atoms with E-state index in [1.807, 2.05) is 18.7 Å². The summed E-state index contributed by atoms with van der Waals surface area (Å²) in [7, 11) is 3.34. The van der Waals surface area contributed by atoms with E-state index in [1.165, 1.54) is 17.3 Å². The van der Waals surface area contributed by atoms with E-state index >= 15 is 0 Å². The van der Waals surface area contributed by atoms with Crippen LogP contribution in [0.4, 0.5) is 5.95 Å². The Morgan fingerprint density at radius 1 is 1.30 bits per heavy atom. The van der Waals surface area contributed by atoms with E-state index in [0.29, 0.717) is 36.7 Å². The molecule has 1 aliphatic heterocycles. The number of hydrogen-bond acceptors (Lipinski definition) is 6. The van der Waals surface area contributed by atoms with Crippen LogP contribution in [0.2, 0.25) is 0 Å². The van der Waals surface area contributed by atoms with Gasteiger partial charge in [-0.1, -0.05) is 6.92 Å². The third-order valence-electron chi connectivity index (χ3n) is 4.48. The van der Waals surface area contributed by atoms with Gasteiger partial charge in [-0.2, -0.15) is 5.10 Å². The molecule has 0 fully saturated rings. The Morgan fingerprint density at radius 2 is 1.93 bits per heavy atom. The van der Waals surface area contributed by atoms with E-state index in [-0.39, 0.29) is 29.9 Å². The molecule has 2 aromatic heterocycles. The average Bonchev–Trinajstić information content (AvgIpc) is 3.00. The molecule has 1 N–H and O–H groups in total. The van der Waals surface area contributed by atoms with Crippen molar-refractivity contribution in [1.29, 1.82) is 0 Å². The van der Waals surface area contributed by atoms with Gasteiger partial charge < -0.3 is 14.9 Å². The van der Waals surface area contributed by atoms with E-state index in [2.05, 4.69) is 15.1 Å². The van der Waals surface area contributed by atoms with E-state index in [1.54, 1.807) is 18.8 Å². The fourth-order valence-corrected chi connectivity index (χ4v) is 3.31. The highest BCUT2D eigenvalue weighted by Gasteiger charge is 2.32. The van der Waals surface area contributed by atoms with Crippen molar-refractivity contribution in [3.63, 3.8) is 0 Å². The maximum Gasteiger partial charge on any atom is 0.356 e. The van der Waals surface area contributed by atoms with Crippen LogP contribution >= 0.6 is 12.4 Å². The first-order chi connectivity index (χ1) is 12.3. The van der Waals surface area contributed by atoms with Gasteiger partial charge in [0.1, 0.15) is 0 Å². The molecule has 9 nitrogen and oxygen atoms in total. The molecule has 0 saturated heterocycles. The highest BCUT2D eigenvalue weighted by atomic mass is 35.5. The van der Waals surface area contributed by atoms with Crippen LogP contribution in [-0.2, 0) is 13.1 Å². The van der Waals surface area contributed by atoms with Crippen molar-refractivity contribution in [2.24, 2.45) is 0 Å². The Morgan fingerprint density at radius 3 is 2.44 bits per heavy atom. The summed E-state index contributed by atoms with van der Waals surface area (Å²) in [4.78, 5) is 35.5. The second-order valence-corrected chi connectivity index (χ2v) is 6.59. The van der Waals surface area contributed by atoms with Crippen LogP contribution in [0.3, 0.4) is 0 Å². The van der Waals surface area contributed by atoms with Crippen LogP contribution in [-0.4, -0.2) is 62.3 Å². The number of aromatic nitrogens is 4. The zero-order chi connectivity index (χ0) is 19.0. The number of halogens is 1. The SMILES string of the molecule is CCn1nc(C(=O)O)c2c1[C@@H](C)CN(c1ncc(C(=O)N(C)C)cn1)C2.Cl. The zero-order valence-corrected chi connectivity index (χ0v) is 16.5. The molecule has 1 amide bonds. The number of anilines is 1. The van der Waals surface area contributed by atoms with Crippen molar-refractivity contribution < 1.29 is 14.7 Å². The number of nitrogens with zero attached hydrogens (tertiary/aromatic N) is 6. The van der Waals surface area contributed by atoms with Gasteiger partial charge in [-0.15, -0.1) is 12.4 Å². The second kappa shape index (κ2) is 7.91. The molecule has 0 bridgehead atoms. The Labute approximate surface area is 163 Å². The van der Waals surface area contributed by atoms with Crippen molar-refractivity contribution in [3.8, 4) is 0 Å². The minimum atomic E-state index is -1.03. The van der Waals surface area contributed by atoms with Gasteiger partial charge >= 0.3 is 5.97 Å². The molecule has 0 radical (unpaired) electrons. The van der Waals surface area contributed by atoms with Crippen LogP contribution in [0.5, 0.6) is 0 Å². The minimum Gasteiger partial charge on any atom is -0.476 e. The van der Waals surface area contributed by atoms with Crippen LogP contribution in [0.1, 0.15) is 51.9 Å². The third-order valence-corrected chi connectivity index (χ3v) is 4.48. The largest absolute Gasteiger partial charge is 0.476 e. The van der Waals surface area contributed by atoms with Gasteiger partial charge in [0.25, 0.3) is 5.91 Å². The summed E-state index contributed by atoms with van der Waals surface area (Å²) in [6.07, 6.45) is 3.00. The number of fused-ring (bicyclic) bond motifs is 1. The van der Waals surface area contributed by atoms with Crippen molar-refractivity contribution in [1.82, 2.24) is 24.6 Å². The lowest BCUT2D eigenvalue weighted by molar-refractivity contribution is 0.0687. The molecule has 27 heavy (non-hydrogen) atoms. The monoisotopic (exact) mass is 394 g/mol. The molecular formula is C17H23ClN6O3. The van der Waals surface area contributed by atoms with Crippen molar-refractivity contribution in [2.75, 3.05) is 25.5 Å². The summed E-state index contributed by atoms with van der Waals surface area (Å²) in [5.74, 6) is -0.636. The Bertz CT molecular complexity index is 849. The fraction of sp³-hybridized carbons (Fsp3) is 0.471. The first kappa shape index (κ1) is 20.6. The summed E-state index contributed by atoms with van der Waals surface area (Å²) in [5.41, 5.74) is 2.16. The van der Waals surface area contributed by atoms with Gasteiger partial charge in [-0.3, -0.25) is 9.48 Å². The van der Waals surface area contributed by atoms with Gasteiger partial charge in [0.05, 0.1) is 12.1 Å². The standard InChI is InChI=1S/C17H22N6O3.ClH/c1-5-23-14-10(2)8-22(9-12(14)13(20-23)16(25)26)17-18-6-11(7-19-17)15(24)21(3)4;/h6-7,10H,5,8-9H2,1-4H3,(H,25,26);1H/t10-;/m0./s1. The fourth-order valence-electron chi connectivity index (χ4n) is 3.31. The smallest absolute Gasteiger partial charge is 0.356 e. The van der Waals surface area contributed by atoms with Gasteiger partial charge in [-0.05, 0) is 6.92 Å². The maximum absolute atomic E-state index is 12.0. The molecule has 0 unspecified atom stereocenters. The summed E-state index contributed by atoms with van der Waals surface area (Å²) < 4.78 is 1.76. The van der Waals surface area contributed by atoms with Crippen LogP contribution in [0.15, 0.2) is 12.4 Å². The first-order valence-electron chi connectivity index (χ1n) is 8.45. The molecule has 10 heteroatoms. The molecule has 0 aliphatic carbocycles. The van der Waals surface area contributed by atoms with E-state index in [0.717, 1.165) is 5.69 Å². The molecule has 0 saturated carbocycles. The molecule has 1 aliphatic rings. The highest BCUT2D eigenvalue weighted by molar-refractivity contribution is 5.93. The molecule has 1 atom stereocenters. The van der Waals surface area contributed by atoms with Crippen molar-refractivity contribution in [2.45, 2.75) is 32.9 Å². The van der Waals surface area contributed by atoms with Crippen LogP contribution in [0, 0.1) is 0 Å². The topological polar surface area (TPSA) is 104 Å². The lowest BCUT2D eigenvalue weighted by Gasteiger charge is -2.31. The molecule has 0 aromatic carbocycles. The summed E-state index contributed by atoms with van der Waals surface area (Å²) in [5, 5.41) is 13.7. The average molecular weight is 395 g/mol. The van der Waals surface area contributed by atoms with Crippen LogP contribution < -0.4 is 4.90 Å².